The summed E-state index contributed by atoms with van der Waals surface area (Å²) in [7, 11) is 1.63. The predicted octanol–water partition coefficient (Wildman–Crippen LogP) is 3.84. The van der Waals surface area contributed by atoms with Crippen molar-refractivity contribution in [3.63, 3.8) is 0 Å². The first-order valence-corrected chi connectivity index (χ1v) is 7.24. The molecule has 0 saturated carbocycles. The molecule has 0 atom stereocenters. The highest BCUT2D eigenvalue weighted by Gasteiger charge is 2.20. The third-order valence-electron chi connectivity index (χ3n) is 3.59. The maximum absolute atomic E-state index is 12.7. The van der Waals surface area contributed by atoms with Crippen LogP contribution in [0.15, 0.2) is 48.5 Å². The minimum absolute atomic E-state index is 0.0396. The molecule has 0 aromatic heterocycles. The average Bonchev–Trinajstić information content (AvgIpc) is 2.55. The van der Waals surface area contributed by atoms with Gasteiger partial charge in [-0.3, -0.25) is 4.79 Å². The van der Waals surface area contributed by atoms with Crippen LogP contribution in [0.5, 0.6) is 5.75 Å². The summed E-state index contributed by atoms with van der Waals surface area (Å²) in [6.07, 6.45) is 0. The molecule has 3 nitrogen and oxygen atoms in total. The molecule has 0 saturated heterocycles. The van der Waals surface area contributed by atoms with Crippen molar-refractivity contribution in [1.29, 1.82) is 0 Å². The van der Waals surface area contributed by atoms with E-state index in [4.69, 9.17) is 4.74 Å². The van der Waals surface area contributed by atoms with Gasteiger partial charge in [-0.05, 0) is 31.5 Å². The summed E-state index contributed by atoms with van der Waals surface area (Å²) in [5.74, 6) is 0.761. The molecule has 0 spiro atoms. The number of carbonyl (C=O) groups excluding carboxylic acids is 1. The molecule has 110 valence electrons. The van der Waals surface area contributed by atoms with Gasteiger partial charge in [0, 0.05) is 18.7 Å². The van der Waals surface area contributed by atoms with Gasteiger partial charge in [0.1, 0.15) is 5.75 Å². The quantitative estimate of drug-likeness (QED) is 0.834. The fourth-order valence-electron chi connectivity index (χ4n) is 2.46. The maximum Gasteiger partial charge on any atom is 0.254 e. The van der Waals surface area contributed by atoms with Crippen LogP contribution in [0, 0.1) is 0 Å². The fourth-order valence-corrected chi connectivity index (χ4v) is 2.46. The minimum atomic E-state index is 0.0396. The zero-order chi connectivity index (χ0) is 15.2. The third kappa shape index (κ3) is 3.07. The van der Waals surface area contributed by atoms with E-state index in [1.807, 2.05) is 67.3 Å². The summed E-state index contributed by atoms with van der Waals surface area (Å²) >= 11 is 0. The van der Waals surface area contributed by atoms with Gasteiger partial charge in [-0.25, -0.2) is 0 Å². The van der Waals surface area contributed by atoms with Gasteiger partial charge in [-0.2, -0.15) is 0 Å². The number of nitrogens with zero attached hydrogens (tertiary/aromatic N) is 1. The number of benzene rings is 2. The minimum Gasteiger partial charge on any atom is -0.496 e. The Bertz CT molecular complexity index is 604. The summed E-state index contributed by atoms with van der Waals surface area (Å²) in [6.45, 7) is 5.37. The fraction of sp³-hybridized carbons (Fsp3) is 0.278. The second kappa shape index (κ2) is 6.93. The molecule has 0 heterocycles. The molecule has 0 unspecified atom stereocenters. The first kappa shape index (κ1) is 15.1. The molecule has 2 rings (SSSR count). The number of hydrogen-bond donors (Lipinski definition) is 0. The van der Waals surface area contributed by atoms with Crippen molar-refractivity contribution in [2.45, 2.75) is 13.8 Å². The van der Waals surface area contributed by atoms with Gasteiger partial charge in [0.15, 0.2) is 0 Å². The number of amides is 1. The van der Waals surface area contributed by atoms with Crippen molar-refractivity contribution in [3.8, 4) is 16.9 Å². The van der Waals surface area contributed by atoms with Gasteiger partial charge in [0.25, 0.3) is 5.91 Å². The third-order valence-corrected chi connectivity index (χ3v) is 3.59. The lowest BCUT2D eigenvalue weighted by molar-refractivity contribution is 0.0773. The normalized spacial score (nSPS) is 10.2. The van der Waals surface area contributed by atoms with Crippen molar-refractivity contribution in [2.75, 3.05) is 20.2 Å². The molecule has 2 aromatic rings. The molecule has 0 aliphatic rings. The predicted molar refractivity (Wildman–Crippen MR) is 85.7 cm³/mol. The van der Waals surface area contributed by atoms with E-state index in [9.17, 15) is 4.79 Å². The Morgan fingerprint density at radius 2 is 1.67 bits per heavy atom. The van der Waals surface area contributed by atoms with Crippen molar-refractivity contribution in [2.24, 2.45) is 0 Å². The Labute approximate surface area is 126 Å². The lowest BCUT2D eigenvalue weighted by Crippen LogP contribution is -2.30. The molecule has 21 heavy (non-hydrogen) atoms. The van der Waals surface area contributed by atoms with Crippen LogP contribution in [0.25, 0.3) is 11.1 Å². The Kier molecular flexibility index (Phi) is 4.99. The molecular formula is C18H21NO2. The van der Waals surface area contributed by atoms with Crippen LogP contribution in [0.2, 0.25) is 0 Å². The van der Waals surface area contributed by atoms with E-state index in [1.165, 1.54) is 0 Å². The Morgan fingerprint density at radius 3 is 2.24 bits per heavy atom. The molecule has 0 N–H and O–H groups in total. The standard InChI is InChI=1S/C18H21NO2/c1-4-19(5-2)18(20)15-12-9-13-16(21-3)17(15)14-10-7-6-8-11-14/h6-13H,4-5H2,1-3H3. The second-order valence-corrected chi connectivity index (χ2v) is 4.73. The van der Waals surface area contributed by atoms with E-state index in [2.05, 4.69) is 0 Å². The molecule has 1 amide bonds. The maximum atomic E-state index is 12.7. The van der Waals surface area contributed by atoms with Crippen LogP contribution in [-0.2, 0) is 0 Å². The number of ether oxygens (including phenoxy) is 1. The summed E-state index contributed by atoms with van der Waals surface area (Å²) in [6, 6.07) is 15.5. The zero-order valence-corrected chi connectivity index (χ0v) is 12.8. The number of methoxy groups -OCH3 is 1. The zero-order valence-electron chi connectivity index (χ0n) is 12.8. The van der Waals surface area contributed by atoms with E-state index in [-0.39, 0.29) is 5.91 Å². The highest BCUT2D eigenvalue weighted by molar-refractivity contribution is 6.02. The summed E-state index contributed by atoms with van der Waals surface area (Å²) in [4.78, 5) is 14.6. The van der Waals surface area contributed by atoms with Crippen molar-refractivity contribution >= 4 is 5.91 Å². The highest BCUT2D eigenvalue weighted by atomic mass is 16.5. The van der Waals surface area contributed by atoms with Crippen molar-refractivity contribution in [1.82, 2.24) is 4.90 Å². The molecular weight excluding hydrogens is 262 g/mol. The Morgan fingerprint density at radius 1 is 1.00 bits per heavy atom. The molecule has 3 heteroatoms. The Balaban J connectivity index is 2.59. The molecule has 2 aromatic carbocycles. The smallest absolute Gasteiger partial charge is 0.254 e. The van der Waals surface area contributed by atoms with E-state index in [1.54, 1.807) is 7.11 Å². The van der Waals surface area contributed by atoms with Crippen LogP contribution in [0.1, 0.15) is 24.2 Å². The van der Waals surface area contributed by atoms with Crippen LogP contribution < -0.4 is 4.74 Å². The lowest BCUT2D eigenvalue weighted by Gasteiger charge is -2.21. The Hall–Kier alpha value is -2.29. The van der Waals surface area contributed by atoms with Gasteiger partial charge < -0.3 is 9.64 Å². The summed E-state index contributed by atoms with van der Waals surface area (Å²) in [5, 5.41) is 0. The molecule has 0 aliphatic heterocycles. The van der Waals surface area contributed by atoms with Gasteiger partial charge in [0.2, 0.25) is 0 Å². The number of carbonyl (C=O) groups is 1. The molecule has 0 aliphatic carbocycles. The second-order valence-electron chi connectivity index (χ2n) is 4.73. The number of hydrogen-bond acceptors (Lipinski definition) is 2. The summed E-state index contributed by atoms with van der Waals surface area (Å²) < 4.78 is 5.47. The van der Waals surface area contributed by atoms with Crippen molar-refractivity contribution in [3.05, 3.63) is 54.1 Å². The monoisotopic (exact) mass is 283 g/mol. The van der Waals surface area contributed by atoms with Crippen LogP contribution in [-0.4, -0.2) is 31.0 Å². The van der Waals surface area contributed by atoms with Gasteiger partial charge in [-0.1, -0.05) is 36.4 Å². The van der Waals surface area contributed by atoms with E-state index < -0.39 is 0 Å². The van der Waals surface area contributed by atoms with Crippen LogP contribution in [0.4, 0.5) is 0 Å². The van der Waals surface area contributed by atoms with E-state index in [0.717, 1.165) is 16.9 Å². The first-order valence-electron chi connectivity index (χ1n) is 7.24. The first-order chi connectivity index (χ1) is 10.2. The van der Waals surface area contributed by atoms with E-state index in [0.29, 0.717) is 18.7 Å². The topological polar surface area (TPSA) is 29.5 Å². The summed E-state index contributed by atoms with van der Waals surface area (Å²) in [5.41, 5.74) is 2.53. The number of rotatable bonds is 5. The average molecular weight is 283 g/mol. The molecule has 0 radical (unpaired) electrons. The lowest BCUT2D eigenvalue weighted by atomic mass is 9.97. The molecule has 0 bridgehead atoms. The molecule has 0 fully saturated rings. The van der Waals surface area contributed by atoms with Crippen molar-refractivity contribution < 1.29 is 9.53 Å². The van der Waals surface area contributed by atoms with Crippen LogP contribution >= 0.6 is 0 Å². The van der Waals surface area contributed by atoms with Gasteiger partial charge in [-0.15, -0.1) is 0 Å². The highest BCUT2D eigenvalue weighted by Crippen LogP contribution is 2.33. The largest absolute Gasteiger partial charge is 0.496 e. The SMILES string of the molecule is CCN(CC)C(=O)c1cccc(OC)c1-c1ccccc1. The van der Waals surface area contributed by atoms with E-state index >= 15 is 0 Å². The van der Waals surface area contributed by atoms with Crippen LogP contribution in [0.3, 0.4) is 0 Å². The van der Waals surface area contributed by atoms with Gasteiger partial charge in [0.05, 0.1) is 12.7 Å². The van der Waals surface area contributed by atoms with Gasteiger partial charge >= 0.3 is 0 Å².